The third kappa shape index (κ3) is 3.53. The highest BCUT2D eigenvalue weighted by Crippen LogP contribution is 2.35. The second kappa shape index (κ2) is 6.80. The Labute approximate surface area is 143 Å². The smallest absolute Gasteiger partial charge is 0.416 e. The van der Waals surface area contributed by atoms with Crippen LogP contribution in [-0.2, 0) is 15.7 Å². The van der Waals surface area contributed by atoms with Crippen molar-refractivity contribution in [3.05, 3.63) is 46.7 Å². The molecule has 0 fully saturated rings. The largest absolute Gasteiger partial charge is 0.463 e. The summed E-state index contributed by atoms with van der Waals surface area (Å²) in [6.45, 7) is 3.51. The molecule has 0 unspecified atom stereocenters. The van der Waals surface area contributed by atoms with Gasteiger partial charge in [-0.2, -0.15) is 13.2 Å². The van der Waals surface area contributed by atoms with Gasteiger partial charge in [-0.05, 0) is 43.8 Å². The van der Waals surface area contributed by atoms with Gasteiger partial charge in [0.2, 0.25) is 0 Å². The molecule has 0 aliphatic carbocycles. The van der Waals surface area contributed by atoms with E-state index in [0.717, 1.165) is 12.1 Å². The highest BCUT2D eigenvalue weighted by atomic mass is 32.1. The zero-order valence-corrected chi connectivity index (χ0v) is 14.2. The normalized spacial score (nSPS) is 18.5. The molecule has 2 rings (SSSR count). The Morgan fingerprint density at radius 3 is 2.67 bits per heavy atom. The summed E-state index contributed by atoms with van der Waals surface area (Å²) in [5.41, 5.74) is 0.294. The molecule has 1 aromatic carbocycles. The monoisotopic (exact) mass is 358 g/mol. The molecule has 1 heterocycles. The van der Waals surface area contributed by atoms with Crippen molar-refractivity contribution in [2.75, 3.05) is 13.7 Å². The Bertz CT molecular complexity index is 701. The first kappa shape index (κ1) is 18.3. The van der Waals surface area contributed by atoms with Crippen LogP contribution in [0.4, 0.5) is 13.2 Å². The second-order valence-corrected chi connectivity index (χ2v) is 5.67. The molecule has 0 saturated heterocycles. The summed E-state index contributed by atoms with van der Waals surface area (Å²) >= 11 is 5.20. The summed E-state index contributed by atoms with van der Waals surface area (Å²) in [6.07, 6.45) is -4.47. The molecule has 130 valence electrons. The van der Waals surface area contributed by atoms with Gasteiger partial charge in [0.15, 0.2) is 5.11 Å². The Balaban J connectivity index is 2.54. The number of esters is 1. The second-order valence-electron chi connectivity index (χ2n) is 5.28. The van der Waals surface area contributed by atoms with Gasteiger partial charge >= 0.3 is 12.1 Å². The van der Waals surface area contributed by atoms with Crippen LogP contribution in [0.3, 0.4) is 0 Å². The zero-order chi connectivity index (χ0) is 18.1. The summed E-state index contributed by atoms with van der Waals surface area (Å²) in [7, 11) is 1.67. The molecule has 8 heteroatoms. The zero-order valence-electron chi connectivity index (χ0n) is 13.4. The van der Waals surface area contributed by atoms with Crippen molar-refractivity contribution < 1.29 is 22.7 Å². The molecular formula is C16H17F3N2O2S. The molecule has 0 amide bonds. The van der Waals surface area contributed by atoms with Gasteiger partial charge in [0, 0.05) is 12.7 Å². The molecule has 1 aliphatic heterocycles. The lowest BCUT2D eigenvalue weighted by molar-refractivity contribution is -0.139. The van der Waals surface area contributed by atoms with Crippen molar-refractivity contribution in [1.29, 1.82) is 0 Å². The average molecular weight is 358 g/mol. The van der Waals surface area contributed by atoms with E-state index in [1.807, 2.05) is 0 Å². The number of thiocarbonyl (C=S) groups is 1. The number of carbonyl (C=O) groups is 1. The Morgan fingerprint density at radius 2 is 2.08 bits per heavy atom. The molecule has 1 aliphatic rings. The van der Waals surface area contributed by atoms with E-state index in [4.69, 9.17) is 17.0 Å². The van der Waals surface area contributed by atoms with E-state index in [1.165, 1.54) is 12.1 Å². The fourth-order valence-corrected chi connectivity index (χ4v) is 2.71. The van der Waals surface area contributed by atoms with E-state index in [0.29, 0.717) is 16.4 Å². The van der Waals surface area contributed by atoms with E-state index >= 15 is 0 Å². The van der Waals surface area contributed by atoms with E-state index in [1.54, 1.807) is 25.8 Å². The van der Waals surface area contributed by atoms with Crippen LogP contribution < -0.4 is 5.32 Å². The Kier molecular flexibility index (Phi) is 5.17. The highest BCUT2D eigenvalue weighted by molar-refractivity contribution is 7.80. The first-order valence-corrected chi connectivity index (χ1v) is 7.67. The molecule has 0 bridgehead atoms. The first-order valence-electron chi connectivity index (χ1n) is 7.26. The molecule has 0 radical (unpaired) electrons. The number of ether oxygens (including phenoxy) is 1. The van der Waals surface area contributed by atoms with Crippen LogP contribution >= 0.6 is 12.2 Å². The van der Waals surface area contributed by atoms with E-state index in [-0.39, 0.29) is 12.2 Å². The molecule has 0 aromatic heterocycles. The molecule has 1 aromatic rings. The molecule has 0 spiro atoms. The minimum atomic E-state index is -4.47. The maximum atomic E-state index is 13.0. The fourth-order valence-electron chi connectivity index (χ4n) is 2.45. The van der Waals surface area contributed by atoms with Gasteiger partial charge in [-0.1, -0.05) is 12.1 Å². The molecule has 0 saturated carbocycles. The lowest BCUT2D eigenvalue weighted by Crippen LogP contribution is -2.46. The van der Waals surface area contributed by atoms with E-state index < -0.39 is 23.8 Å². The Hall–Kier alpha value is -2.09. The van der Waals surface area contributed by atoms with Crippen molar-refractivity contribution >= 4 is 23.3 Å². The van der Waals surface area contributed by atoms with E-state index in [2.05, 4.69) is 5.32 Å². The van der Waals surface area contributed by atoms with Gasteiger partial charge in [-0.3, -0.25) is 0 Å². The van der Waals surface area contributed by atoms with E-state index in [9.17, 15) is 18.0 Å². The predicted octanol–water partition coefficient (Wildman–Crippen LogP) is 3.40. The van der Waals surface area contributed by atoms with Crippen molar-refractivity contribution in [3.8, 4) is 0 Å². The summed E-state index contributed by atoms with van der Waals surface area (Å²) in [5.74, 6) is -0.584. The van der Waals surface area contributed by atoms with Crippen LogP contribution in [-0.4, -0.2) is 29.6 Å². The maximum Gasteiger partial charge on any atom is 0.416 e. The quantitative estimate of drug-likeness (QED) is 0.663. The van der Waals surface area contributed by atoms with Gasteiger partial charge < -0.3 is 15.0 Å². The topological polar surface area (TPSA) is 41.6 Å². The summed E-state index contributed by atoms with van der Waals surface area (Å²) in [5, 5.41) is 3.23. The number of rotatable bonds is 3. The number of nitrogens with one attached hydrogen (secondary N) is 1. The SMILES string of the molecule is CCOC(=O)C1=C(C)N(C)C(=S)N[C@@H]1c1cccc(C(F)(F)F)c1. The summed E-state index contributed by atoms with van der Waals surface area (Å²) in [6, 6.07) is 4.03. The van der Waals surface area contributed by atoms with Gasteiger partial charge in [-0.15, -0.1) is 0 Å². The third-order valence-corrected chi connectivity index (χ3v) is 4.19. The summed E-state index contributed by atoms with van der Waals surface area (Å²) < 4.78 is 44.0. The van der Waals surface area contributed by atoms with Crippen molar-refractivity contribution in [1.82, 2.24) is 10.2 Å². The van der Waals surface area contributed by atoms with Gasteiger partial charge in [0.25, 0.3) is 0 Å². The third-order valence-electron chi connectivity index (χ3n) is 3.80. The van der Waals surface area contributed by atoms with Crippen LogP contribution in [0, 0.1) is 0 Å². The number of halogens is 3. The molecule has 24 heavy (non-hydrogen) atoms. The lowest BCUT2D eigenvalue weighted by atomic mass is 9.94. The molecule has 4 nitrogen and oxygen atoms in total. The van der Waals surface area contributed by atoms with Gasteiger partial charge in [0.05, 0.1) is 23.8 Å². The number of carbonyl (C=O) groups excluding carboxylic acids is 1. The standard InChI is InChI=1S/C16H17F3N2O2S/c1-4-23-14(22)12-9(2)21(3)15(24)20-13(12)10-6-5-7-11(8-10)16(17,18)19/h5-8,13H,4H2,1-3H3,(H,20,24)/t13-/m1/s1. The average Bonchev–Trinajstić information content (AvgIpc) is 2.51. The van der Waals surface area contributed by atoms with Crippen molar-refractivity contribution in [3.63, 3.8) is 0 Å². The van der Waals surface area contributed by atoms with Crippen LogP contribution in [0.5, 0.6) is 0 Å². The fraction of sp³-hybridized carbons (Fsp3) is 0.375. The first-order chi connectivity index (χ1) is 11.2. The number of alkyl halides is 3. The van der Waals surface area contributed by atoms with Crippen LogP contribution in [0.15, 0.2) is 35.5 Å². The lowest BCUT2D eigenvalue weighted by Gasteiger charge is -2.35. The predicted molar refractivity (Wildman–Crippen MR) is 87.0 cm³/mol. The van der Waals surface area contributed by atoms with Crippen LogP contribution in [0.25, 0.3) is 0 Å². The van der Waals surface area contributed by atoms with Crippen molar-refractivity contribution in [2.24, 2.45) is 0 Å². The molecule has 1 N–H and O–H groups in total. The number of benzene rings is 1. The van der Waals surface area contributed by atoms with Crippen LogP contribution in [0.1, 0.15) is 31.0 Å². The van der Waals surface area contributed by atoms with Gasteiger partial charge in [-0.25, -0.2) is 4.79 Å². The minimum absolute atomic E-state index is 0.166. The minimum Gasteiger partial charge on any atom is -0.463 e. The molecule has 1 atom stereocenters. The maximum absolute atomic E-state index is 13.0. The van der Waals surface area contributed by atoms with Crippen LogP contribution in [0.2, 0.25) is 0 Å². The number of nitrogens with zero attached hydrogens (tertiary/aromatic N) is 1. The number of hydrogen-bond acceptors (Lipinski definition) is 3. The molecular weight excluding hydrogens is 341 g/mol. The van der Waals surface area contributed by atoms with Crippen molar-refractivity contribution in [2.45, 2.75) is 26.1 Å². The summed E-state index contributed by atoms with van der Waals surface area (Å²) in [4.78, 5) is 13.9. The highest BCUT2D eigenvalue weighted by Gasteiger charge is 2.35. The number of hydrogen-bond donors (Lipinski definition) is 1. The number of allylic oxidation sites excluding steroid dienone is 1. The Morgan fingerprint density at radius 1 is 1.42 bits per heavy atom. The van der Waals surface area contributed by atoms with Gasteiger partial charge in [0.1, 0.15) is 0 Å².